The maximum Gasteiger partial charge on any atom is 0.308 e. The Bertz CT molecular complexity index is 387. The molecule has 3 fully saturated rings. The molecule has 0 saturated heterocycles. The van der Waals surface area contributed by atoms with Crippen LogP contribution in [0.1, 0.15) is 51.4 Å². The summed E-state index contributed by atoms with van der Waals surface area (Å²) in [5.74, 6) is 1.95. The molecule has 3 unspecified atom stereocenters. The second-order valence-electron chi connectivity index (χ2n) is 6.86. The number of esters is 1. The van der Waals surface area contributed by atoms with Crippen molar-refractivity contribution in [2.75, 3.05) is 7.11 Å². The van der Waals surface area contributed by atoms with Crippen LogP contribution in [0.4, 0.5) is 0 Å². The minimum absolute atomic E-state index is 0.0376. The SMILES string of the molecule is COC(=O)C1CCC(NC(=O)C2CC3CCC2C3)CC1. The van der Waals surface area contributed by atoms with Crippen LogP contribution in [0, 0.1) is 23.7 Å². The van der Waals surface area contributed by atoms with Gasteiger partial charge in [0, 0.05) is 12.0 Å². The van der Waals surface area contributed by atoms with Crippen LogP contribution in [0.25, 0.3) is 0 Å². The minimum Gasteiger partial charge on any atom is -0.469 e. The number of hydrogen-bond acceptors (Lipinski definition) is 3. The van der Waals surface area contributed by atoms with Crippen molar-refractivity contribution in [3.8, 4) is 0 Å². The Morgan fingerprint density at radius 3 is 2.30 bits per heavy atom. The smallest absolute Gasteiger partial charge is 0.308 e. The fourth-order valence-corrected chi connectivity index (χ4v) is 4.51. The summed E-state index contributed by atoms with van der Waals surface area (Å²) in [6, 6.07) is 0.266. The lowest BCUT2D eigenvalue weighted by molar-refractivity contribution is -0.146. The molecule has 0 spiro atoms. The van der Waals surface area contributed by atoms with Gasteiger partial charge in [-0.05, 0) is 56.8 Å². The van der Waals surface area contributed by atoms with Gasteiger partial charge in [-0.1, -0.05) is 6.42 Å². The number of rotatable bonds is 3. The van der Waals surface area contributed by atoms with Crippen molar-refractivity contribution in [1.29, 1.82) is 0 Å². The van der Waals surface area contributed by atoms with Gasteiger partial charge in [0.1, 0.15) is 0 Å². The van der Waals surface area contributed by atoms with Crippen LogP contribution < -0.4 is 5.32 Å². The molecule has 2 bridgehead atoms. The van der Waals surface area contributed by atoms with Crippen molar-refractivity contribution in [2.24, 2.45) is 23.7 Å². The molecule has 20 heavy (non-hydrogen) atoms. The lowest BCUT2D eigenvalue weighted by Crippen LogP contribution is -2.43. The molecule has 3 aliphatic rings. The van der Waals surface area contributed by atoms with Crippen molar-refractivity contribution in [2.45, 2.75) is 57.4 Å². The molecule has 3 atom stereocenters. The molecule has 3 rings (SSSR count). The number of carbonyl (C=O) groups is 2. The van der Waals surface area contributed by atoms with Gasteiger partial charge in [-0.15, -0.1) is 0 Å². The summed E-state index contributed by atoms with van der Waals surface area (Å²) in [7, 11) is 1.45. The van der Waals surface area contributed by atoms with Crippen LogP contribution in [0.3, 0.4) is 0 Å². The predicted molar refractivity (Wildman–Crippen MR) is 74.8 cm³/mol. The number of carbonyl (C=O) groups excluding carboxylic acids is 2. The maximum absolute atomic E-state index is 12.4. The van der Waals surface area contributed by atoms with Gasteiger partial charge < -0.3 is 10.1 Å². The third kappa shape index (κ3) is 2.70. The van der Waals surface area contributed by atoms with Gasteiger partial charge in [-0.25, -0.2) is 0 Å². The Morgan fingerprint density at radius 2 is 1.75 bits per heavy atom. The third-order valence-corrected chi connectivity index (χ3v) is 5.68. The molecule has 1 amide bonds. The van der Waals surface area contributed by atoms with Crippen LogP contribution >= 0.6 is 0 Å². The van der Waals surface area contributed by atoms with Gasteiger partial charge in [0.15, 0.2) is 0 Å². The summed E-state index contributed by atoms with van der Waals surface area (Å²) in [6.07, 6.45) is 8.46. The average Bonchev–Trinajstić information content (AvgIpc) is 3.10. The Kier molecular flexibility index (Phi) is 3.99. The average molecular weight is 279 g/mol. The van der Waals surface area contributed by atoms with E-state index in [1.807, 2.05) is 0 Å². The lowest BCUT2D eigenvalue weighted by atomic mass is 9.84. The standard InChI is InChI=1S/C16H25NO3/c1-20-16(19)11-4-6-13(7-5-11)17-15(18)14-9-10-2-3-12(14)8-10/h10-14H,2-9H2,1H3,(H,17,18). The zero-order valence-electron chi connectivity index (χ0n) is 12.3. The second kappa shape index (κ2) is 5.74. The highest BCUT2D eigenvalue weighted by molar-refractivity contribution is 5.80. The van der Waals surface area contributed by atoms with Crippen molar-refractivity contribution in [1.82, 2.24) is 5.32 Å². The summed E-state index contributed by atoms with van der Waals surface area (Å²) in [5, 5.41) is 3.23. The van der Waals surface area contributed by atoms with E-state index in [0.29, 0.717) is 5.92 Å². The number of nitrogens with one attached hydrogen (secondary N) is 1. The third-order valence-electron chi connectivity index (χ3n) is 5.68. The number of fused-ring (bicyclic) bond motifs is 2. The molecule has 4 nitrogen and oxygen atoms in total. The topological polar surface area (TPSA) is 55.4 Å². The summed E-state index contributed by atoms with van der Waals surface area (Å²) in [4.78, 5) is 23.9. The molecule has 0 aromatic carbocycles. The van der Waals surface area contributed by atoms with E-state index in [1.165, 1.54) is 26.4 Å². The normalized spacial score (nSPS) is 39.5. The van der Waals surface area contributed by atoms with Gasteiger partial charge in [0.25, 0.3) is 0 Å². The van der Waals surface area contributed by atoms with E-state index in [1.54, 1.807) is 0 Å². The van der Waals surface area contributed by atoms with E-state index in [4.69, 9.17) is 4.74 Å². The molecule has 0 aromatic heterocycles. The summed E-state index contributed by atoms with van der Waals surface area (Å²) < 4.78 is 4.79. The van der Waals surface area contributed by atoms with Crippen molar-refractivity contribution < 1.29 is 14.3 Å². The molecule has 0 aromatic rings. The first kappa shape index (κ1) is 13.9. The van der Waals surface area contributed by atoms with Crippen LogP contribution in [-0.4, -0.2) is 25.0 Å². The molecule has 3 saturated carbocycles. The van der Waals surface area contributed by atoms with Gasteiger partial charge in [-0.2, -0.15) is 0 Å². The van der Waals surface area contributed by atoms with E-state index < -0.39 is 0 Å². The Morgan fingerprint density at radius 1 is 1.00 bits per heavy atom. The number of amides is 1. The highest BCUT2D eigenvalue weighted by atomic mass is 16.5. The monoisotopic (exact) mass is 279 g/mol. The van der Waals surface area contributed by atoms with Crippen LogP contribution in [0.15, 0.2) is 0 Å². The molecule has 0 radical (unpaired) electrons. The number of hydrogen-bond donors (Lipinski definition) is 1. The molecule has 112 valence electrons. The van der Waals surface area contributed by atoms with Gasteiger partial charge >= 0.3 is 5.97 Å². The van der Waals surface area contributed by atoms with Gasteiger partial charge in [0.05, 0.1) is 13.0 Å². The van der Waals surface area contributed by atoms with Crippen molar-refractivity contribution in [3.05, 3.63) is 0 Å². The van der Waals surface area contributed by atoms with E-state index in [-0.39, 0.29) is 29.8 Å². The first-order chi connectivity index (χ1) is 9.67. The zero-order chi connectivity index (χ0) is 14.1. The maximum atomic E-state index is 12.4. The number of methoxy groups -OCH3 is 1. The first-order valence-corrected chi connectivity index (χ1v) is 8.05. The molecule has 0 heterocycles. The molecule has 0 aliphatic heterocycles. The quantitative estimate of drug-likeness (QED) is 0.806. The van der Waals surface area contributed by atoms with E-state index in [9.17, 15) is 9.59 Å². The van der Waals surface area contributed by atoms with Gasteiger partial charge in [-0.3, -0.25) is 9.59 Å². The van der Waals surface area contributed by atoms with Gasteiger partial charge in [0.2, 0.25) is 5.91 Å². The highest BCUT2D eigenvalue weighted by Crippen LogP contribution is 2.48. The lowest BCUT2D eigenvalue weighted by Gasteiger charge is -2.30. The van der Waals surface area contributed by atoms with Crippen LogP contribution in [0.2, 0.25) is 0 Å². The molecule has 4 heteroatoms. The molecule has 3 aliphatic carbocycles. The first-order valence-electron chi connectivity index (χ1n) is 8.05. The Labute approximate surface area is 120 Å². The van der Waals surface area contributed by atoms with Crippen molar-refractivity contribution in [3.63, 3.8) is 0 Å². The Hall–Kier alpha value is -1.06. The van der Waals surface area contributed by atoms with E-state index >= 15 is 0 Å². The second-order valence-corrected chi connectivity index (χ2v) is 6.86. The zero-order valence-corrected chi connectivity index (χ0v) is 12.3. The highest BCUT2D eigenvalue weighted by Gasteiger charge is 2.43. The summed E-state index contributed by atoms with van der Waals surface area (Å²) in [5.41, 5.74) is 0. The van der Waals surface area contributed by atoms with E-state index in [0.717, 1.165) is 38.0 Å². The predicted octanol–water partition coefficient (Wildman–Crippen LogP) is 2.27. The molecular formula is C16H25NO3. The fraction of sp³-hybridized carbons (Fsp3) is 0.875. The minimum atomic E-state index is -0.0946. The van der Waals surface area contributed by atoms with Crippen LogP contribution in [-0.2, 0) is 14.3 Å². The largest absolute Gasteiger partial charge is 0.469 e. The van der Waals surface area contributed by atoms with Crippen LogP contribution in [0.5, 0.6) is 0 Å². The fourth-order valence-electron chi connectivity index (χ4n) is 4.51. The molecular weight excluding hydrogens is 254 g/mol. The summed E-state index contributed by atoms with van der Waals surface area (Å²) in [6.45, 7) is 0. The van der Waals surface area contributed by atoms with Crippen molar-refractivity contribution >= 4 is 11.9 Å². The number of ether oxygens (including phenoxy) is 1. The van der Waals surface area contributed by atoms with E-state index in [2.05, 4.69) is 5.32 Å². The Balaban J connectivity index is 1.45. The molecule has 1 N–H and O–H groups in total. The summed E-state index contributed by atoms with van der Waals surface area (Å²) >= 11 is 0.